The van der Waals surface area contributed by atoms with Crippen LogP contribution in [0, 0.1) is 5.92 Å². The minimum absolute atomic E-state index is 0.192. The molecule has 0 spiro atoms. The fourth-order valence-corrected chi connectivity index (χ4v) is 5.94. The summed E-state index contributed by atoms with van der Waals surface area (Å²) in [5.74, 6) is 0.649. The van der Waals surface area contributed by atoms with Crippen LogP contribution in [0.2, 0.25) is 0 Å². The molecule has 2 fully saturated rings. The Bertz CT molecular complexity index is 611. The first-order valence-corrected chi connectivity index (χ1v) is 11.9. The number of aliphatic imine (C=N–C) groups is 1. The lowest BCUT2D eigenvalue weighted by atomic mass is 9.78. The van der Waals surface area contributed by atoms with E-state index >= 15 is 0 Å². The van der Waals surface area contributed by atoms with Gasteiger partial charge < -0.3 is 5.32 Å². The topological polar surface area (TPSA) is 27.6 Å². The van der Waals surface area contributed by atoms with E-state index in [2.05, 4.69) is 61.3 Å². The Morgan fingerprint density at radius 1 is 1.28 bits per heavy atom. The molecule has 4 heteroatoms. The van der Waals surface area contributed by atoms with Gasteiger partial charge in [-0.2, -0.15) is 0 Å². The average Bonchev–Trinajstić information content (AvgIpc) is 2.59. The first-order valence-electron chi connectivity index (χ1n) is 9.62. The van der Waals surface area contributed by atoms with Gasteiger partial charge in [-0.15, -0.1) is 0 Å². The molecule has 25 heavy (non-hydrogen) atoms. The molecule has 2 atom stereocenters. The van der Waals surface area contributed by atoms with Crippen LogP contribution in [0.3, 0.4) is 0 Å². The smallest absolute Gasteiger partial charge is 0.0868 e. The van der Waals surface area contributed by atoms with Gasteiger partial charge in [-0.05, 0) is 63.9 Å². The third kappa shape index (κ3) is 4.15. The molecule has 2 heterocycles. The highest BCUT2D eigenvalue weighted by Gasteiger charge is 2.39. The van der Waals surface area contributed by atoms with Crippen molar-refractivity contribution in [2.75, 3.05) is 25.2 Å². The van der Waals surface area contributed by atoms with Crippen molar-refractivity contribution in [2.24, 2.45) is 10.9 Å². The molecule has 2 aliphatic heterocycles. The monoisotopic (exact) mass is 357 g/mol. The number of nitrogens with one attached hydrogen (secondary N) is 1. The molecule has 2 saturated heterocycles. The van der Waals surface area contributed by atoms with E-state index in [9.17, 15) is 0 Å². The molecule has 0 amide bonds. The van der Waals surface area contributed by atoms with Crippen LogP contribution in [0.1, 0.15) is 39.0 Å². The van der Waals surface area contributed by atoms with Crippen molar-refractivity contribution in [3.8, 4) is 0 Å². The summed E-state index contributed by atoms with van der Waals surface area (Å²) < 4.78 is 0. The largest absolute Gasteiger partial charge is 0.361 e. The van der Waals surface area contributed by atoms with Gasteiger partial charge in [-0.1, -0.05) is 40.0 Å². The van der Waals surface area contributed by atoms with Crippen LogP contribution in [0.25, 0.3) is 0 Å². The summed E-state index contributed by atoms with van der Waals surface area (Å²) in [4.78, 5) is 7.96. The van der Waals surface area contributed by atoms with Crippen LogP contribution in [-0.2, 0) is 0 Å². The molecule has 3 rings (SSSR count). The Morgan fingerprint density at radius 2 is 1.96 bits per heavy atom. The molecule has 2 aliphatic rings. The Kier molecular flexibility index (Phi) is 6.30. The van der Waals surface area contributed by atoms with Crippen molar-refractivity contribution >= 4 is 24.7 Å². The molecule has 1 aromatic rings. The van der Waals surface area contributed by atoms with Crippen molar-refractivity contribution in [2.45, 2.75) is 51.1 Å². The zero-order valence-electron chi connectivity index (χ0n) is 15.9. The highest BCUT2D eigenvalue weighted by molar-refractivity contribution is 7.74. The molecule has 2 unspecified atom stereocenters. The molecule has 2 bridgehead atoms. The Balaban J connectivity index is 1.88. The van der Waals surface area contributed by atoms with Gasteiger partial charge in [0.1, 0.15) is 0 Å². The number of anilines is 1. The highest BCUT2D eigenvalue weighted by atomic mass is 31.1. The highest BCUT2D eigenvalue weighted by Crippen LogP contribution is 2.44. The van der Waals surface area contributed by atoms with Crippen molar-refractivity contribution in [1.29, 1.82) is 0 Å². The van der Waals surface area contributed by atoms with Crippen LogP contribution in [-0.4, -0.2) is 42.3 Å². The van der Waals surface area contributed by atoms with Gasteiger partial charge in [0.25, 0.3) is 0 Å². The SMILES string of the molecule is C=CNc1ccccc1N=C(C1CC2CCCC(C1)N2CC)P(C)C. The molecule has 0 aromatic heterocycles. The summed E-state index contributed by atoms with van der Waals surface area (Å²) in [5, 5.41) is 3.24. The molecule has 1 aromatic carbocycles. The van der Waals surface area contributed by atoms with E-state index in [1.807, 2.05) is 0 Å². The van der Waals surface area contributed by atoms with Gasteiger partial charge in [0, 0.05) is 23.5 Å². The van der Waals surface area contributed by atoms with E-state index in [1.54, 1.807) is 6.20 Å². The van der Waals surface area contributed by atoms with E-state index < -0.39 is 0 Å². The predicted molar refractivity (Wildman–Crippen MR) is 113 cm³/mol. The summed E-state index contributed by atoms with van der Waals surface area (Å²) in [5.41, 5.74) is 3.55. The zero-order valence-corrected chi connectivity index (χ0v) is 16.8. The summed E-state index contributed by atoms with van der Waals surface area (Å²) >= 11 is 0. The number of rotatable bonds is 6. The molecular weight excluding hydrogens is 325 g/mol. The molecule has 0 radical (unpaired) electrons. The molecular formula is C21H32N3P. The third-order valence-corrected chi connectivity index (χ3v) is 7.09. The summed E-state index contributed by atoms with van der Waals surface area (Å²) in [7, 11) is -0.192. The van der Waals surface area contributed by atoms with E-state index in [-0.39, 0.29) is 7.92 Å². The summed E-state index contributed by atoms with van der Waals surface area (Å²) in [6, 6.07) is 9.86. The van der Waals surface area contributed by atoms with E-state index in [0.29, 0.717) is 5.92 Å². The van der Waals surface area contributed by atoms with E-state index in [4.69, 9.17) is 4.99 Å². The molecule has 3 nitrogen and oxygen atoms in total. The van der Waals surface area contributed by atoms with Gasteiger partial charge in [0.05, 0.1) is 11.4 Å². The number of para-hydroxylation sites is 2. The quantitative estimate of drug-likeness (QED) is 0.525. The van der Waals surface area contributed by atoms with Crippen molar-refractivity contribution in [1.82, 2.24) is 4.90 Å². The maximum absolute atomic E-state index is 5.20. The lowest BCUT2D eigenvalue weighted by molar-refractivity contribution is 0.0333. The standard InChI is InChI=1S/C21H32N3P/c1-5-22-19-12-7-8-13-20(19)23-21(25(3)4)16-14-17-10-9-11-18(15-16)24(17)6-2/h5,7-8,12-13,16-18,22H,1,6,9-11,14-15H2,2-4H3. The number of hydrogen-bond donors (Lipinski definition) is 1. The second-order valence-electron chi connectivity index (χ2n) is 7.47. The minimum Gasteiger partial charge on any atom is -0.361 e. The van der Waals surface area contributed by atoms with Gasteiger partial charge in [0.15, 0.2) is 0 Å². The van der Waals surface area contributed by atoms with Crippen LogP contribution >= 0.6 is 7.92 Å². The Morgan fingerprint density at radius 3 is 2.56 bits per heavy atom. The maximum atomic E-state index is 5.20. The van der Waals surface area contributed by atoms with Gasteiger partial charge in [-0.25, -0.2) is 0 Å². The number of piperidine rings is 2. The number of hydrogen-bond acceptors (Lipinski definition) is 3. The molecule has 1 N–H and O–H groups in total. The van der Waals surface area contributed by atoms with Crippen molar-refractivity contribution in [3.63, 3.8) is 0 Å². The van der Waals surface area contributed by atoms with Crippen molar-refractivity contribution < 1.29 is 0 Å². The lowest BCUT2D eigenvalue weighted by Crippen LogP contribution is -2.52. The lowest BCUT2D eigenvalue weighted by Gasteiger charge is -2.49. The van der Waals surface area contributed by atoms with E-state index in [0.717, 1.165) is 23.5 Å². The van der Waals surface area contributed by atoms with Crippen LogP contribution in [0.4, 0.5) is 11.4 Å². The normalized spacial score (nSPS) is 27.4. The first kappa shape index (κ1) is 18.6. The summed E-state index contributed by atoms with van der Waals surface area (Å²) in [6.45, 7) is 12.0. The molecule has 0 saturated carbocycles. The van der Waals surface area contributed by atoms with Gasteiger partial charge in [0.2, 0.25) is 0 Å². The zero-order chi connectivity index (χ0) is 17.8. The average molecular weight is 357 g/mol. The third-order valence-electron chi connectivity index (χ3n) is 5.71. The first-order chi connectivity index (χ1) is 12.1. The summed E-state index contributed by atoms with van der Waals surface area (Å²) in [6.07, 6.45) is 8.46. The second kappa shape index (κ2) is 8.47. The predicted octanol–water partition coefficient (Wildman–Crippen LogP) is 5.67. The second-order valence-corrected chi connectivity index (χ2v) is 9.71. The fraction of sp³-hybridized carbons (Fsp3) is 0.571. The van der Waals surface area contributed by atoms with Gasteiger partial charge >= 0.3 is 0 Å². The fourth-order valence-electron chi connectivity index (χ4n) is 4.69. The number of nitrogens with zero attached hydrogens (tertiary/aromatic N) is 2. The van der Waals surface area contributed by atoms with Crippen LogP contribution in [0.15, 0.2) is 42.0 Å². The number of fused-ring (bicyclic) bond motifs is 2. The Labute approximate surface area is 154 Å². The number of benzene rings is 1. The molecule has 0 aliphatic carbocycles. The Hall–Kier alpha value is -1.18. The minimum atomic E-state index is -0.192. The van der Waals surface area contributed by atoms with Crippen LogP contribution in [0.5, 0.6) is 0 Å². The molecule has 136 valence electrons. The van der Waals surface area contributed by atoms with Crippen molar-refractivity contribution in [3.05, 3.63) is 37.0 Å². The van der Waals surface area contributed by atoms with Crippen LogP contribution < -0.4 is 5.32 Å². The van der Waals surface area contributed by atoms with E-state index in [1.165, 1.54) is 44.1 Å². The maximum Gasteiger partial charge on any atom is 0.0868 e. The van der Waals surface area contributed by atoms with Gasteiger partial charge in [-0.3, -0.25) is 9.89 Å².